The molecule has 4 nitrogen and oxygen atoms in total. The van der Waals surface area contributed by atoms with Crippen LogP contribution in [0.1, 0.15) is 18.5 Å². The van der Waals surface area contributed by atoms with E-state index < -0.39 is 12.0 Å². The lowest BCUT2D eigenvalue weighted by atomic mass is 10.1. The van der Waals surface area contributed by atoms with Gasteiger partial charge in [-0.15, -0.1) is 0 Å². The fraction of sp³-hybridized carbons (Fsp3) is 0.364. The van der Waals surface area contributed by atoms with Crippen molar-refractivity contribution in [1.29, 1.82) is 0 Å². The first-order valence-electron chi connectivity index (χ1n) is 4.88. The van der Waals surface area contributed by atoms with Crippen LogP contribution in [-0.4, -0.2) is 23.7 Å². The van der Waals surface area contributed by atoms with E-state index in [9.17, 15) is 4.79 Å². The van der Waals surface area contributed by atoms with Crippen LogP contribution in [0.15, 0.2) is 30.3 Å². The van der Waals surface area contributed by atoms with Crippen LogP contribution in [0, 0.1) is 0 Å². The Morgan fingerprint density at radius 1 is 1.47 bits per heavy atom. The Labute approximate surface area is 89.1 Å². The van der Waals surface area contributed by atoms with Crippen molar-refractivity contribution in [2.24, 2.45) is 5.73 Å². The van der Waals surface area contributed by atoms with Gasteiger partial charge in [0.15, 0.2) is 0 Å². The maximum absolute atomic E-state index is 10.5. The van der Waals surface area contributed by atoms with E-state index in [1.807, 2.05) is 37.3 Å². The van der Waals surface area contributed by atoms with Crippen molar-refractivity contribution < 1.29 is 9.90 Å². The number of rotatable bonds is 5. The van der Waals surface area contributed by atoms with E-state index in [4.69, 9.17) is 10.8 Å². The van der Waals surface area contributed by atoms with Crippen molar-refractivity contribution >= 4 is 5.97 Å². The zero-order valence-electron chi connectivity index (χ0n) is 8.68. The quantitative estimate of drug-likeness (QED) is 0.667. The molecule has 4 N–H and O–H groups in total. The van der Waals surface area contributed by atoms with Gasteiger partial charge in [-0.2, -0.15) is 0 Å². The summed E-state index contributed by atoms with van der Waals surface area (Å²) < 4.78 is 0. The third kappa shape index (κ3) is 3.69. The third-order valence-electron chi connectivity index (χ3n) is 2.26. The van der Waals surface area contributed by atoms with Crippen molar-refractivity contribution in [1.82, 2.24) is 5.32 Å². The second kappa shape index (κ2) is 5.48. The van der Waals surface area contributed by atoms with E-state index in [-0.39, 0.29) is 12.6 Å². The second-order valence-electron chi connectivity index (χ2n) is 3.49. The molecule has 0 radical (unpaired) electrons. The minimum absolute atomic E-state index is 0.108. The van der Waals surface area contributed by atoms with Crippen LogP contribution in [0.2, 0.25) is 0 Å². The average Bonchev–Trinajstić information content (AvgIpc) is 2.26. The zero-order valence-corrected chi connectivity index (χ0v) is 8.68. The molecule has 0 saturated carbocycles. The molecule has 0 spiro atoms. The Morgan fingerprint density at radius 2 is 2.07 bits per heavy atom. The van der Waals surface area contributed by atoms with Crippen LogP contribution < -0.4 is 11.1 Å². The molecule has 1 aromatic rings. The fourth-order valence-electron chi connectivity index (χ4n) is 1.25. The summed E-state index contributed by atoms with van der Waals surface area (Å²) in [6.45, 7) is 2.25. The van der Waals surface area contributed by atoms with Crippen LogP contribution in [0.3, 0.4) is 0 Å². The Morgan fingerprint density at radius 3 is 2.60 bits per heavy atom. The van der Waals surface area contributed by atoms with Crippen LogP contribution >= 0.6 is 0 Å². The number of hydrogen-bond acceptors (Lipinski definition) is 3. The molecule has 82 valence electrons. The number of carbonyl (C=O) groups is 1. The summed E-state index contributed by atoms with van der Waals surface area (Å²) in [4.78, 5) is 10.5. The normalized spacial score (nSPS) is 14.5. The minimum atomic E-state index is -0.984. The van der Waals surface area contributed by atoms with Crippen molar-refractivity contribution in [2.75, 3.05) is 6.54 Å². The molecule has 0 aromatic heterocycles. The summed E-state index contributed by atoms with van der Waals surface area (Å²) in [5.74, 6) is -0.984. The number of nitrogens with two attached hydrogens (primary N) is 1. The maximum atomic E-state index is 10.5. The number of hydrogen-bond donors (Lipinski definition) is 3. The Balaban J connectivity index is 2.43. The first kappa shape index (κ1) is 11.7. The molecule has 0 bridgehead atoms. The average molecular weight is 208 g/mol. The van der Waals surface area contributed by atoms with Crippen molar-refractivity contribution in [3.05, 3.63) is 35.9 Å². The van der Waals surface area contributed by atoms with Crippen LogP contribution in [-0.2, 0) is 4.79 Å². The molecule has 1 aromatic carbocycles. The first-order chi connectivity index (χ1) is 7.11. The maximum Gasteiger partial charge on any atom is 0.321 e. The first-order valence-corrected chi connectivity index (χ1v) is 4.88. The lowest BCUT2D eigenvalue weighted by Gasteiger charge is -2.15. The number of carboxylic acids is 1. The standard InChI is InChI=1S/C11H16N2O2/c1-8(9-5-3-2-4-6-9)13-7-10(12)11(14)15/h2-6,8,10,13H,7,12H2,1H3,(H,14,15)/t8-,10-/m1/s1. The number of aliphatic carboxylic acids is 1. The largest absolute Gasteiger partial charge is 0.480 e. The predicted octanol–water partition coefficient (Wildman–Crippen LogP) is 0.749. The molecule has 0 amide bonds. The van der Waals surface area contributed by atoms with Crippen LogP contribution in [0.5, 0.6) is 0 Å². The molecule has 1 rings (SSSR count). The zero-order chi connectivity index (χ0) is 11.3. The van der Waals surface area contributed by atoms with Gasteiger partial charge in [0.25, 0.3) is 0 Å². The number of carboxylic acid groups (broad SMARTS) is 1. The smallest absolute Gasteiger partial charge is 0.321 e. The van der Waals surface area contributed by atoms with E-state index in [1.165, 1.54) is 0 Å². The topological polar surface area (TPSA) is 75.3 Å². The Kier molecular flexibility index (Phi) is 4.27. The summed E-state index contributed by atoms with van der Waals surface area (Å²) in [6.07, 6.45) is 0. The van der Waals surface area contributed by atoms with Gasteiger partial charge in [-0.05, 0) is 12.5 Å². The molecule has 4 heteroatoms. The van der Waals surface area contributed by atoms with E-state index in [0.717, 1.165) is 5.56 Å². The lowest BCUT2D eigenvalue weighted by molar-refractivity contribution is -0.138. The minimum Gasteiger partial charge on any atom is -0.480 e. The van der Waals surface area contributed by atoms with Crippen molar-refractivity contribution in [3.8, 4) is 0 Å². The monoisotopic (exact) mass is 208 g/mol. The van der Waals surface area contributed by atoms with Gasteiger partial charge in [-0.25, -0.2) is 0 Å². The van der Waals surface area contributed by atoms with Gasteiger partial charge in [-0.1, -0.05) is 30.3 Å². The van der Waals surface area contributed by atoms with Gasteiger partial charge in [0.05, 0.1) is 0 Å². The van der Waals surface area contributed by atoms with Crippen molar-refractivity contribution in [3.63, 3.8) is 0 Å². The molecular formula is C11H16N2O2. The molecule has 2 atom stereocenters. The van der Waals surface area contributed by atoms with E-state index >= 15 is 0 Å². The highest BCUT2D eigenvalue weighted by Crippen LogP contribution is 2.10. The summed E-state index contributed by atoms with van der Waals surface area (Å²) in [5, 5.41) is 11.7. The Bertz CT molecular complexity index is 314. The van der Waals surface area contributed by atoms with Gasteiger partial charge < -0.3 is 16.2 Å². The number of nitrogens with one attached hydrogen (secondary N) is 1. The summed E-state index contributed by atoms with van der Waals surface area (Å²) in [7, 11) is 0. The molecule has 0 saturated heterocycles. The SMILES string of the molecule is C[C@@H](NC[C@@H](N)C(=O)O)c1ccccc1. The van der Waals surface area contributed by atoms with Gasteiger partial charge in [0.1, 0.15) is 6.04 Å². The van der Waals surface area contributed by atoms with Gasteiger partial charge in [-0.3, -0.25) is 4.79 Å². The molecular weight excluding hydrogens is 192 g/mol. The molecule has 0 aliphatic carbocycles. The lowest BCUT2D eigenvalue weighted by Crippen LogP contribution is -2.41. The van der Waals surface area contributed by atoms with Crippen LogP contribution in [0.4, 0.5) is 0 Å². The van der Waals surface area contributed by atoms with E-state index in [2.05, 4.69) is 5.32 Å². The van der Waals surface area contributed by atoms with E-state index in [0.29, 0.717) is 0 Å². The van der Waals surface area contributed by atoms with Crippen molar-refractivity contribution in [2.45, 2.75) is 19.0 Å². The summed E-state index contributed by atoms with van der Waals surface area (Å²) in [5.41, 5.74) is 6.50. The molecule has 0 fully saturated rings. The Hall–Kier alpha value is -1.39. The second-order valence-corrected chi connectivity index (χ2v) is 3.49. The molecule has 0 unspecified atom stereocenters. The highest BCUT2D eigenvalue weighted by Gasteiger charge is 2.12. The summed E-state index contributed by atoms with van der Waals surface area (Å²) >= 11 is 0. The molecule has 0 aliphatic heterocycles. The van der Waals surface area contributed by atoms with Gasteiger partial charge in [0, 0.05) is 12.6 Å². The summed E-state index contributed by atoms with van der Waals surface area (Å²) in [6, 6.07) is 9.08. The van der Waals surface area contributed by atoms with Gasteiger partial charge in [0.2, 0.25) is 0 Å². The molecule has 0 heterocycles. The third-order valence-corrected chi connectivity index (χ3v) is 2.26. The van der Waals surface area contributed by atoms with E-state index in [1.54, 1.807) is 0 Å². The predicted molar refractivity (Wildman–Crippen MR) is 58.5 cm³/mol. The molecule has 0 aliphatic rings. The van der Waals surface area contributed by atoms with Crippen LogP contribution in [0.25, 0.3) is 0 Å². The molecule has 15 heavy (non-hydrogen) atoms. The highest BCUT2D eigenvalue weighted by atomic mass is 16.4. The number of benzene rings is 1. The van der Waals surface area contributed by atoms with Gasteiger partial charge >= 0.3 is 5.97 Å². The fourth-order valence-corrected chi connectivity index (χ4v) is 1.25. The highest BCUT2D eigenvalue weighted by molar-refractivity contribution is 5.73.